The van der Waals surface area contributed by atoms with Gasteiger partial charge in [0.05, 0.1) is 26.4 Å². The number of carbonyl (C=O) groups is 4. The summed E-state index contributed by atoms with van der Waals surface area (Å²) >= 11 is 0. The standard InChI is InChI=1S/C85H142O17P2/c1-5-9-13-17-21-25-29-33-36-38-39-41-43-47-50-54-58-62-66-70-83(88)96-76-81(102-85(90)72-68-64-60-56-52-48-44-40-37-34-30-26-22-18-14-10-6-2)78-100-104(93,94)98-74-79(86)73-97-103(91,92)99-77-80(101-84(89)71-67-63-59-55-51-45-32-28-24-20-16-12-8-4)75-95-82(87)69-65-61-57-53-49-46-42-35-31-27-23-19-15-11-7-3/h9-10,13-14,16,20-22,25-26,28,32-37,39,41-42,44,48,56,60,79-81,86H,5-8,11-12,15,17-19,23-24,27,29-31,38,40,43,45-47,49-55,57-59,61-78H2,1-4H3,(H,91,92)(H,93,94)/b13-9-,14-10-,20-16-,25-21-,26-22-,32-28-,36-33-,37-34-,41-39-,42-35-,48-44-,60-56-. The van der Waals surface area contributed by atoms with E-state index in [2.05, 4.69) is 161 Å². The minimum Gasteiger partial charge on any atom is -0.462 e. The Labute approximate surface area is 630 Å². The third kappa shape index (κ3) is 75.2. The Kier molecular flexibility index (Phi) is 72.4. The second-order valence-corrected chi connectivity index (χ2v) is 29.1. The zero-order valence-corrected chi connectivity index (χ0v) is 66.7. The summed E-state index contributed by atoms with van der Waals surface area (Å²) in [5.41, 5.74) is 0. The SMILES string of the molecule is CC/C=C\C/C=C\C/C=C\C/C=C\C/C=C\CCCC(=O)OC(COC(=O)CCCCCCCC/C=C\C/C=C\C/C=C\C/C=C\CC)COP(=O)(O)OCC(O)COP(=O)(O)OCC(COC(=O)CCCCCCC/C=C\CCCCCCCC)OC(=O)CCCCCCC/C=C\C/C=C\CCC. The fourth-order valence-electron chi connectivity index (χ4n) is 10.2. The average Bonchev–Trinajstić information content (AvgIpc) is 0.917. The number of hydrogen-bond acceptors (Lipinski definition) is 15. The first-order valence-corrected chi connectivity index (χ1v) is 43.1. The fraction of sp³-hybridized carbons (Fsp3) is 0.671. The van der Waals surface area contributed by atoms with Crippen molar-refractivity contribution < 1.29 is 80.2 Å². The van der Waals surface area contributed by atoms with Crippen LogP contribution in [-0.2, 0) is 65.4 Å². The summed E-state index contributed by atoms with van der Waals surface area (Å²) in [5.74, 6) is -2.29. The first-order valence-electron chi connectivity index (χ1n) is 40.1. The zero-order valence-electron chi connectivity index (χ0n) is 64.9. The van der Waals surface area contributed by atoms with E-state index < -0.39 is 97.5 Å². The van der Waals surface area contributed by atoms with Gasteiger partial charge in [-0.15, -0.1) is 0 Å². The minimum atomic E-state index is -5.00. The summed E-state index contributed by atoms with van der Waals surface area (Å²) in [5, 5.41) is 10.6. The molecule has 17 nitrogen and oxygen atoms in total. The van der Waals surface area contributed by atoms with Gasteiger partial charge in [-0.2, -0.15) is 0 Å². The summed E-state index contributed by atoms with van der Waals surface area (Å²) in [7, 11) is -9.99. The van der Waals surface area contributed by atoms with E-state index >= 15 is 0 Å². The molecule has 5 unspecified atom stereocenters. The Hall–Kier alpha value is -5.06. The summed E-state index contributed by atoms with van der Waals surface area (Å²) in [6.07, 6.45) is 86.9. The Morgan fingerprint density at radius 3 is 0.856 bits per heavy atom. The molecule has 19 heteroatoms. The number of rotatable bonds is 74. The van der Waals surface area contributed by atoms with Gasteiger partial charge >= 0.3 is 39.5 Å². The quantitative estimate of drug-likeness (QED) is 0.0169. The number of phosphoric ester groups is 2. The second-order valence-electron chi connectivity index (χ2n) is 26.2. The van der Waals surface area contributed by atoms with Crippen molar-refractivity contribution in [1.29, 1.82) is 0 Å². The molecule has 0 heterocycles. The van der Waals surface area contributed by atoms with Crippen LogP contribution in [0.25, 0.3) is 0 Å². The molecule has 0 amide bonds. The summed E-state index contributed by atoms with van der Waals surface area (Å²) in [4.78, 5) is 73.0. The molecule has 0 aliphatic carbocycles. The van der Waals surface area contributed by atoms with E-state index in [1.165, 1.54) is 38.5 Å². The van der Waals surface area contributed by atoms with Crippen molar-refractivity contribution in [1.82, 2.24) is 0 Å². The van der Waals surface area contributed by atoms with E-state index in [-0.39, 0.29) is 25.7 Å². The van der Waals surface area contributed by atoms with E-state index in [0.717, 1.165) is 186 Å². The van der Waals surface area contributed by atoms with Gasteiger partial charge in [-0.25, -0.2) is 9.13 Å². The maximum atomic E-state index is 13.1. The maximum Gasteiger partial charge on any atom is 0.472 e. The lowest BCUT2D eigenvalue weighted by atomic mass is 10.1. The van der Waals surface area contributed by atoms with Crippen LogP contribution in [0.3, 0.4) is 0 Å². The zero-order chi connectivity index (χ0) is 76.0. The van der Waals surface area contributed by atoms with Crippen molar-refractivity contribution in [3.63, 3.8) is 0 Å². The third-order valence-electron chi connectivity index (χ3n) is 16.2. The summed E-state index contributed by atoms with van der Waals surface area (Å²) < 4.78 is 68.5. The van der Waals surface area contributed by atoms with Crippen LogP contribution < -0.4 is 0 Å². The predicted molar refractivity (Wildman–Crippen MR) is 427 cm³/mol. The van der Waals surface area contributed by atoms with Crippen molar-refractivity contribution >= 4 is 39.5 Å². The monoisotopic (exact) mass is 1500 g/mol. The van der Waals surface area contributed by atoms with Crippen LogP contribution in [-0.4, -0.2) is 96.7 Å². The van der Waals surface area contributed by atoms with E-state index in [1.807, 2.05) is 12.2 Å². The molecule has 0 spiro atoms. The normalized spacial score (nSPS) is 14.6. The maximum absolute atomic E-state index is 13.1. The number of esters is 4. The summed E-state index contributed by atoms with van der Waals surface area (Å²) in [6, 6.07) is 0. The highest BCUT2D eigenvalue weighted by Crippen LogP contribution is 2.45. The molecule has 594 valence electrons. The molecule has 3 N–H and O–H groups in total. The van der Waals surface area contributed by atoms with Crippen LogP contribution in [0.1, 0.15) is 310 Å². The number of ether oxygens (including phenoxy) is 4. The molecule has 0 aromatic rings. The van der Waals surface area contributed by atoms with Gasteiger partial charge in [-0.3, -0.25) is 37.3 Å². The number of unbranched alkanes of at least 4 members (excludes halogenated alkanes) is 24. The molecule has 0 aromatic heterocycles. The Bertz CT molecular complexity index is 2540. The number of aliphatic hydroxyl groups is 1. The molecule has 0 aromatic carbocycles. The minimum absolute atomic E-state index is 0.00851. The van der Waals surface area contributed by atoms with E-state index in [4.69, 9.17) is 37.0 Å². The molecule has 0 radical (unpaired) electrons. The lowest BCUT2D eigenvalue weighted by molar-refractivity contribution is -0.161. The molecule has 0 aliphatic heterocycles. The van der Waals surface area contributed by atoms with Crippen molar-refractivity contribution in [2.75, 3.05) is 39.6 Å². The van der Waals surface area contributed by atoms with Crippen LogP contribution in [0.5, 0.6) is 0 Å². The molecule has 0 fully saturated rings. The van der Waals surface area contributed by atoms with Gasteiger partial charge in [-0.1, -0.05) is 276 Å². The number of hydrogen-bond donors (Lipinski definition) is 3. The second kappa shape index (κ2) is 76.1. The number of aliphatic hydroxyl groups excluding tert-OH is 1. The average molecular weight is 1500 g/mol. The highest BCUT2D eigenvalue weighted by Gasteiger charge is 2.30. The van der Waals surface area contributed by atoms with Gasteiger partial charge in [0.15, 0.2) is 12.2 Å². The first kappa shape index (κ1) is 98.9. The smallest absolute Gasteiger partial charge is 0.462 e. The van der Waals surface area contributed by atoms with Crippen molar-refractivity contribution in [3.05, 3.63) is 146 Å². The van der Waals surface area contributed by atoms with Crippen molar-refractivity contribution in [3.8, 4) is 0 Å². The number of carbonyl (C=O) groups excluding carboxylic acids is 4. The van der Waals surface area contributed by atoms with Crippen LogP contribution in [0.2, 0.25) is 0 Å². The van der Waals surface area contributed by atoms with Crippen LogP contribution in [0.15, 0.2) is 146 Å². The Balaban J connectivity index is 5.44. The highest BCUT2D eigenvalue weighted by atomic mass is 31.2. The van der Waals surface area contributed by atoms with Crippen LogP contribution >= 0.6 is 15.6 Å². The van der Waals surface area contributed by atoms with Crippen LogP contribution in [0, 0.1) is 0 Å². The fourth-order valence-corrected chi connectivity index (χ4v) is 11.8. The Morgan fingerprint density at radius 2 is 0.529 bits per heavy atom. The molecule has 0 bridgehead atoms. The van der Waals surface area contributed by atoms with Gasteiger partial charge in [0.2, 0.25) is 0 Å². The molecule has 0 saturated heterocycles. The van der Waals surface area contributed by atoms with Crippen molar-refractivity contribution in [2.24, 2.45) is 0 Å². The molecular formula is C85H142O17P2. The number of allylic oxidation sites excluding steroid dienone is 24. The van der Waals surface area contributed by atoms with Gasteiger partial charge in [0, 0.05) is 25.7 Å². The lowest BCUT2D eigenvalue weighted by Crippen LogP contribution is -2.30. The number of phosphoric acid groups is 2. The van der Waals surface area contributed by atoms with E-state index in [0.29, 0.717) is 32.1 Å². The topological polar surface area (TPSA) is 237 Å². The molecule has 104 heavy (non-hydrogen) atoms. The van der Waals surface area contributed by atoms with Gasteiger partial charge in [0.1, 0.15) is 19.3 Å². The molecule has 0 aliphatic rings. The van der Waals surface area contributed by atoms with Crippen LogP contribution in [0.4, 0.5) is 0 Å². The van der Waals surface area contributed by atoms with E-state index in [1.54, 1.807) is 0 Å². The third-order valence-corrected chi connectivity index (χ3v) is 18.2. The molecule has 0 rings (SSSR count). The summed E-state index contributed by atoms with van der Waals surface area (Å²) in [6.45, 7) is 4.48. The van der Waals surface area contributed by atoms with Gasteiger partial charge < -0.3 is 33.8 Å². The van der Waals surface area contributed by atoms with E-state index in [9.17, 15) is 43.2 Å². The molecular weight excluding hydrogens is 1350 g/mol. The largest absolute Gasteiger partial charge is 0.472 e. The highest BCUT2D eigenvalue weighted by molar-refractivity contribution is 7.47. The Morgan fingerprint density at radius 1 is 0.279 bits per heavy atom. The predicted octanol–water partition coefficient (Wildman–Crippen LogP) is 23.4. The lowest BCUT2D eigenvalue weighted by Gasteiger charge is -2.21. The van der Waals surface area contributed by atoms with Gasteiger partial charge in [0.25, 0.3) is 0 Å². The first-order chi connectivity index (χ1) is 50.7. The molecule has 5 atom stereocenters. The molecule has 0 saturated carbocycles. The van der Waals surface area contributed by atoms with Crippen molar-refractivity contribution in [2.45, 2.75) is 329 Å². The van der Waals surface area contributed by atoms with Gasteiger partial charge in [-0.05, 0) is 154 Å².